The van der Waals surface area contributed by atoms with E-state index in [-0.39, 0.29) is 31.5 Å². The molecular weight excluding hydrogens is 697 g/mol. The van der Waals surface area contributed by atoms with Crippen LogP contribution in [0, 0.1) is 28.6 Å². The van der Waals surface area contributed by atoms with Gasteiger partial charge in [0.2, 0.25) is 17.6 Å². The molecule has 1 heterocycles. The number of ketones is 1. The second-order valence-electron chi connectivity index (χ2n) is 15.8. The number of nitrogens with zero attached hydrogens (tertiary/aromatic N) is 1. The highest BCUT2D eigenvalue weighted by atomic mass is 19.4. The number of alkyl halides is 3. The fraction of sp³-hybridized carbons (Fsp3) is 0.622. The predicted molar refractivity (Wildman–Crippen MR) is 188 cm³/mol. The largest absolute Gasteiger partial charge is 0.447 e. The molecule has 1 aliphatic heterocycles. The Morgan fingerprint density at radius 1 is 1.02 bits per heavy atom. The number of ether oxygens (including phenoxy) is 1. The molecule has 1 aromatic carbocycles. The lowest BCUT2D eigenvalue weighted by molar-refractivity contribution is -0.147. The van der Waals surface area contributed by atoms with E-state index in [0.29, 0.717) is 12.8 Å². The normalized spacial score (nSPS) is 21.9. The molecule has 1 aromatic rings. The van der Waals surface area contributed by atoms with E-state index < -0.39 is 95.6 Å². The Kier molecular flexibility index (Phi) is 12.5. The molecule has 2 aliphatic carbocycles. The maximum absolute atomic E-state index is 14.7. The van der Waals surface area contributed by atoms with Crippen molar-refractivity contribution in [2.45, 2.75) is 90.6 Å². The summed E-state index contributed by atoms with van der Waals surface area (Å²) in [6.07, 6.45) is -5.47. The van der Waals surface area contributed by atoms with Crippen LogP contribution < -0.4 is 26.6 Å². The smallest absolute Gasteiger partial charge is 0.406 e. The molecule has 0 spiro atoms. The molecule has 3 aliphatic rings. The van der Waals surface area contributed by atoms with E-state index in [1.54, 1.807) is 0 Å². The number of hydrogen-bond acceptors (Lipinski definition) is 7. The quantitative estimate of drug-likeness (QED) is 0.144. The summed E-state index contributed by atoms with van der Waals surface area (Å²) in [5.74, 6) is -4.77. The molecule has 13 nitrogen and oxygen atoms in total. The van der Waals surface area contributed by atoms with Crippen LogP contribution in [0.1, 0.15) is 58.6 Å². The average molecular weight is 749 g/mol. The number of amides is 6. The minimum atomic E-state index is -4.67. The van der Waals surface area contributed by atoms with Gasteiger partial charge in [0.1, 0.15) is 18.7 Å². The van der Waals surface area contributed by atoms with Gasteiger partial charge in [0.25, 0.3) is 5.91 Å². The fourth-order valence-corrected chi connectivity index (χ4v) is 7.53. The number of carbonyl (C=O) groups is 6. The second-order valence-corrected chi connectivity index (χ2v) is 15.8. The van der Waals surface area contributed by atoms with Crippen molar-refractivity contribution in [1.82, 2.24) is 31.5 Å². The number of Topliss-reactive ketones (excluding diaryl/α,β-unsaturated/α-hetero) is 1. The number of alkyl carbamates (subject to hydrolysis) is 1. The van der Waals surface area contributed by atoms with Crippen molar-refractivity contribution in [2.75, 3.05) is 26.7 Å². The molecule has 5 N–H and O–H groups in total. The van der Waals surface area contributed by atoms with Crippen LogP contribution in [-0.4, -0.2) is 97.6 Å². The molecule has 53 heavy (non-hydrogen) atoms. The molecule has 4 rings (SSSR count). The lowest BCUT2D eigenvalue weighted by atomic mass is 9.87. The van der Waals surface area contributed by atoms with Crippen LogP contribution in [0.5, 0.6) is 0 Å². The number of piperidine rings is 1. The minimum absolute atomic E-state index is 0.113. The zero-order valence-electron chi connectivity index (χ0n) is 31.0. The van der Waals surface area contributed by atoms with Crippen molar-refractivity contribution in [3.05, 3.63) is 48.0 Å². The van der Waals surface area contributed by atoms with Crippen LogP contribution >= 0.6 is 0 Å². The number of fused-ring (bicyclic) bond motifs is 2. The number of hydrogen-bond donors (Lipinski definition) is 5. The first-order valence-corrected chi connectivity index (χ1v) is 17.8. The Labute approximate surface area is 307 Å². The lowest BCUT2D eigenvalue weighted by Crippen LogP contribution is -2.61. The lowest BCUT2D eigenvalue weighted by Gasteiger charge is -2.36. The van der Waals surface area contributed by atoms with Crippen LogP contribution in [0.4, 0.5) is 22.8 Å². The number of urea groups is 1. The highest BCUT2D eigenvalue weighted by molar-refractivity contribution is 6.38. The Morgan fingerprint density at radius 3 is 2.19 bits per heavy atom. The third-order valence-corrected chi connectivity index (χ3v) is 10.8. The van der Waals surface area contributed by atoms with Crippen molar-refractivity contribution in [3.8, 4) is 0 Å². The second kappa shape index (κ2) is 16.2. The molecule has 1 saturated heterocycles. The molecule has 0 aromatic heterocycles. The van der Waals surface area contributed by atoms with Gasteiger partial charge in [-0.05, 0) is 59.0 Å². The predicted octanol–water partition coefficient (Wildman–Crippen LogP) is 3.02. The number of nitrogens with one attached hydrogen (secondary N) is 5. The molecule has 0 bridgehead atoms. The zero-order chi connectivity index (χ0) is 39.5. The number of likely N-dealkylation sites (tertiary alicyclic amines) is 1. The van der Waals surface area contributed by atoms with Gasteiger partial charge in [-0.2, -0.15) is 13.2 Å². The van der Waals surface area contributed by atoms with Crippen LogP contribution in [0.15, 0.2) is 36.9 Å². The van der Waals surface area contributed by atoms with Gasteiger partial charge in [0, 0.05) is 26.6 Å². The summed E-state index contributed by atoms with van der Waals surface area (Å²) >= 11 is 0. The van der Waals surface area contributed by atoms with Gasteiger partial charge >= 0.3 is 18.3 Å². The summed E-state index contributed by atoms with van der Waals surface area (Å²) in [6, 6.07) is 2.16. The van der Waals surface area contributed by atoms with E-state index in [2.05, 4.69) is 33.2 Å². The van der Waals surface area contributed by atoms with Crippen LogP contribution in [0.2, 0.25) is 0 Å². The van der Waals surface area contributed by atoms with Crippen LogP contribution in [0.25, 0.3) is 0 Å². The third-order valence-electron chi connectivity index (χ3n) is 10.8. The van der Waals surface area contributed by atoms with Gasteiger partial charge in [0.15, 0.2) is 0 Å². The first kappa shape index (κ1) is 41.1. The topological polar surface area (TPSA) is 175 Å². The van der Waals surface area contributed by atoms with Gasteiger partial charge in [-0.15, -0.1) is 6.58 Å². The van der Waals surface area contributed by atoms with E-state index in [0.717, 1.165) is 11.1 Å². The Bertz CT molecular complexity index is 1570. The van der Waals surface area contributed by atoms with Gasteiger partial charge in [-0.25, -0.2) is 9.59 Å². The summed E-state index contributed by atoms with van der Waals surface area (Å²) < 4.78 is 45.1. The Hall–Kier alpha value is -4.63. The number of halogens is 3. The molecule has 292 valence electrons. The highest BCUT2D eigenvalue weighted by Gasteiger charge is 2.70. The number of rotatable bonds is 14. The van der Waals surface area contributed by atoms with E-state index in [1.165, 1.54) is 18.0 Å². The molecule has 1 unspecified atom stereocenters. The first-order chi connectivity index (χ1) is 24.7. The van der Waals surface area contributed by atoms with Gasteiger partial charge in [-0.3, -0.25) is 19.2 Å². The Morgan fingerprint density at radius 2 is 1.64 bits per heavy atom. The van der Waals surface area contributed by atoms with E-state index in [1.807, 2.05) is 58.9 Å². The van der Waals surface area contributed by atoms with Crippen LogP contribution in [0.3, 0.4) is 0 Å². The minimum Gasteiger partial charge on any atom is -0.447 e. The summed E-state index contributed by atoms with van der Waals surface area (Å²) in [5, 5.41) is 12.7. The number of benzene rings is 1. The van der Waals surface area contributed by atoms with E-state index >= 15 is 0 Å². The van der Waals surface area contributed by atoms with Crippen LogP contribution in [-0.2, 0) is 36.8 Å². The summed E-state index contributed by atoms with van der Waals surface area (Å²) in [6.45, 7) is 12.7. The average Bonchev–Trinajstić information content (AvgIpc) is 3.43. The fourth-order valence-electron chi connectivity index (χ4n) is 7.53. The van der Waals surface area contributed by atoms with E-state index in [4.69, 9.17) is 4.74 Å². The molecule has 6 amide bonds. The number of carbonyl (C=O) groups excluding carboxylic acids is 6. The van der Waals surface area contributed by atoms with Crippen molar-refractivity contribution in [1.29, 1.82) is 0 Å². The third kappa shape index (κ3) is 9.87. The summed E-state index contributed by atoms with van der Waals surface area (Å²) in [5.41, 5.74) is 1.04. The monoisotopic (exact) mass is 748 g/mol. The maximum atomic E-state index is 14.7. The summed E-state index contributed by atoms with van der Waals surface area (Å²) in [7, 11) is 1.41. The summed E-state index contributed by atoms with van der Waals surface area (Å²) in [4.78, 5) is 81.1. The molecule has 2 fully saturated rings. The molecule has 16 heteroatoms. The van der Waals surface area contributed by atoms with Gasteiger partial charge in [0.05, 0.1) is 12.1 Å². The van der Waals surface area contributed by atoms with E-state index in [9.17, 15) is 41.9 Å². The highest BCUT2D eigenvalue weighted by Crippen LogP contribution is 2.65. The molecule has 6 atom stereocenters. The molecule has 1 saturated carbocycles. The zero-order valence-corrected chi connectivity index (χ0v) is 31.0. The molecular formula is C37H51F3N6O7. The van der Waals surface area contributed by atoms with Gasteiger partial charge < -0.3 is 36.2 Å². The van der Waals surface area contributed by atoms with Crippen molar-refractivity contribution in [3.63, 3.8) is 0 Å². The van der Waals surface area contributed by atoms with Crippen molar-refractivity contribution >= 4 is 35.6 Å². The maximum Gasteiger partial charge on any atom is 0.406 e. The SMILES string of the molecule is C=CCNC(=O)C(=O)C(CCC(F)(F)F)NC(=O)[C@@H]1[C@@H]2[C@H](CN1C(=O)[C@@H](NC(=O)N[C@H](COC(=O)NC)C(C)(C)C)C1Cc3ccccc3C1)C2(C)C. The Balaban J connectivity index is 1.62. The molecule has 0 radical (unpaired) electrons. The first-order valence-electron chi connectivity index (χ1n) is 17.8. The van der Waals surface area contributed by atoms with Gasteiger partial charge in [-0.1, -0.05) is 65.0 Å². The standard InChI is InChI=1S/C37H51F3N6O7/c1-8-15-42-31(49)29(47)24(13-14-37(38,39)40)43-30(48)28-26-23(36(26,5)6)18-46(28)32(50)27(22-16-20-11-9-10-12-21(20)17-22)45-33(51)44-25(35(2,3)4)19-53-34(52)41-7/h8-12,22-28H,1,13-19H2,2-7H3,(H,41,52)(H,42,49)(H,43,48)(H2,44,45,51)/t23-,24?,25+,26-,27-,28-/m0/s1. The van der Waals surface area contributed by atoms with Crippen molar-refractivity contribution in [2.24, 2.45) is 28.6 Å². The van der Waals surface area contributed by atoms with Crippen molar-refractivity contribution < 1.29 is 46.7 Å².